The van der Waals surface area contributed by atoms with Gasteiger partial charge in [-0.15, -0.1) is 0 Å². The molecule has 0 unspecified atom stereocenters. The third-order valence-corrected chi connectivity index (χ3v) is 2.00. The Labute approximate surface area is 80.1 Å². The molecule has 6 heteroatoms. The summed E-state index contributed by atoms with van der Waals surface area (Å²) in [5.74, 6) is 0.0902. The molecule has 0 aromatic carbocycles. The first-order valence-corrected chi connectivity index (χ1v) is 3.98. The van der Waals surface area contributed by atoms with Gasteiger partial charge in [0.2, 0.25) is 0 Å². The van der Waals surface area contributed by atoms with E-state index in [1.165, 1.54) is 22.6 Å². The molecule has 0 aliphatic carbocycles. The summed E-state index contributed by atoms with van der Waals surface area (Å²) in [7, 11) is 0. The monoisotopic (exact) mass is 288 g/mol. The highest BCUT2D eigenvalue weighted by molar-refractivity contribution is 14.1. The van der Waals surface area contributed by atoms with Crippen LogP contribution in [0.2, 0.25) is 0 Å². The normalized spacial score (nSPS) is 11.7. The molecule has 0 radical (unpaired) electrons. The number of hydrogen-bond donors (Lipinski definition) is 1. The lowest BCUT2D eigenvalue weighted by molar-refractivity contribution is -0.138. The van der Waals surface area contributed by atoms with Crippen molar-refractivity contribution in [1.82, 2.24) is 4.98 Å². The van der Waals surface area contributed by atoms with Gasteiger partial charge in [0.25, 0.3) is 0 Å². The van der Waals surface area contributed by atoms with Gasteiger partial charge in [0.1, 0.15) is 9.52 Å². The Balaban J connectivity index is 3.19. The maximum atomic E-state index is 12.1. The Kier molecular flexibility index (Phi) is 2.45. The van der Waals surface area contributed by atoms with Crippen LogP contribution in [0.15, 0.2) is 12.1 Å². The molecule has 0 saturated heterocycles. The second-order valence-corrected chi connectivity index (χ2v) is 3.09. The fourth-order valence-corrected chi connectivity index (χ4v) is 1.42. The summed E-state index contributed by atoms with van der Waals surface area (Å²) in [6, 6.07) is 2.05. The molecular formula is C6H4F3IN2. The Morgan fingerprint density at radius 2 is 1.92 bits per heavy atom. The summed E-state index contributed by atoms with van der Waals surface area (Å²) in [5, 5.41) is 0. The van der Waals surface area contributed by atoms with E-state index in [1.807, 2.05) is 0 Å². The van der Waals surface area contributed by atoms with Crippen molar-refractivity contribution in [3.05, 3.63) is 21.4 Å². The van der Waals surface area contributed by atoms with Crippen LogP contribution in [0.5, 0.6) is 0 Å². The van der Waals surface area contributed by atoms with E-state index in [1.54, 1.807) is 0 Å². The number of alkyl halides is 3. The van der Waals surface area contributed by atoms with Crippen molar-refractivity contribution < 1.29 is 13.2 Å². The quantitative estimate of drug-likeness (QED) is 0.587. The molecule has 1 aromatic heterocycles. The standard InChI is InChI=1S/C6H4F3IN2/c7-6(8,9)3-1-2-4(11)12-5(3)10/h1-2H,(H2,11,12). The molecule has 2 nitrogen and oxygen atoms in total. The van der Waals surface area contributed by atoms with Crippen LogP contribution in [0.4, 0.5) is 19.0 Å². The third-order valence-electron chi connectivity index (χ3n) is 1.18. The number of rotatable bonds is 0. The number of nitrogens with two attached hydrogens (primary N) is 1. The van der Waals surface area contributed by atoms with Crippen molar-refractivity contribution in [1.29, 1.82) is 0 Å². The Morgan fingerprint density at radius 3 is 2.33 bits per heavy atom. The molecule has 0 saturated carbocycles. The van der Waals surface area contributed by atoms with Gasteiger partial charge in [0.15, 0.2) is 0 Å². The largest absolute Gasteiger partial charge is 0.418 e. The van der Waals surface area contributed by atoms with Gasteiger partial charge in [-0.1, -0.05) is 0 Å². The van der Waals surface area contributed by atoms with Crippen LogP contribution in [0.1, 0.15) is 5.56 Å². The molecule has 12 heavy (non-hydrogen) atoms. The molecule has 0 bridgehead atoms. The van der Waals surface area contributed by atoms with Crippen LogP contribution >= 0.6 is 22.6 Å². The molecule has 0 aliphatic rings. The molecule has 1 rings (SSSR count). The first kappa shape index (κ1) is 9.56. The average Bonchev–Trinajstić information content (AvgIpc) is 1.83. The van der Waals surface area contributed by atoms with Gasteiger partial charge in [-0.3, -0.25) is 0 Å². The smallest absolute Gasteiger partial charge is 0.384 e. The number of halogens is 4. The first-order chi connectivity index (χ1) is 5.41. The lowest BCUT2D eigenvalue weighted by Crippen LogP contribution is -2.09. The summed E-state index contributed by atoms with van der Waals surface area (Å²) < 4.78 is 36.2. The van der Waals surface area contributed by atoms with E-state index in [9.17, 15) is 13.2 Å². The van der Waals surface area contributed by atoms with Crippen molar-refractivity contribution in [3.63, 3.8) is 0 Å². The van der Waals surface area contributed by atoms with Crippen LogP contribution in [-0.2, 0) is 6.18 Å². The highest BCUT2D eigenvalue weighted by atomic mass is 127. The summed E-state index contributed by atoms with van der Waals surface area (Å²) in [5.41, 5.74) is 4.44. The van der Waals surface area contributed by atoms with E-state index in [4.69, 9.17) is 5.73 Å². The second kappa shape index (κ2) is 3.08. The van der Waals surface area contributed by atoms with E-state index in [0.717, 1.165) is 12.1 Å². The average molecular weight is 288 g/mol. The molecule has 2 N–H and O–H groups in total. The van der Waals surface area contributed by atoms with Crippen LogP contribution in [0, 0.1) is 3.70 Å². The van der Waals surface area contributed by atoms with Crippen molar-refractivity contribution in [2.24, 2.45) is 0 Å². The highest BCUT2D eigenvalue weighted by Crippen LogP contribution is 2.32. The summed E-state index contributed by atoms with van der Waals surface area (Å²) >= 11 is 1.50. The van der Waals surface area contributed by atoms with Gasteiger partial charge in [-0.05, 0) is 34.7 Å². The predicted octanol–water partition coefficient (Wildman–Crippen LogP) is 2.29. The lowest BCUT2D eigenvalue weighted by atomic mass is 10.3. The fourth-order valence-electron chi connectivity index (χ4n) is 0.660. The molecule has 66 valence electrons. The minimum atomic E-state index is -4.35. The Hall–Kier alpha value is -0.530. The van der Waals surface area contributed by atoms with Crippen molar-refractivity contribution in [2.45, 2.75) is 6.18 Å². The van der Waals surface area contributed by atoms with Crippen LogP contribution in [0.25, 0.3) is 0 Å². The number of pyridine rings is 1. The zero-order valence-corrected chi connectivity index (χ0v) is 7.85. The van der Waals surface area contributed by atoms with Gasteiger partial charge in [0, 0.05) is 0 Å². The van der Waals surface area contributed by atoms with Crippen LogP contribution in [-0.4, -0.2) is 4.98 Å². The molecule has 1 heterocycles. The van der Waals surface area contributed by atoms with Gasteiger partial charge in [-0.2, -0.15) is 13.2 Å². The molecule has 0 aliphatic heterocycles. The highest BCUT2D eigenvalue weighted by Gasteiger charge is 2.33. The van der Waals surface area contributed by atoms with Gasteiger partial charge >= 0.3 is 6.18 Å². The van der Waals surface area contributed by atoms with E-state index in [-0.39, 0.29) is 9.52 Å². The summed E-state index contributed by atoms with van der Waals surface area (Å²) in [6.07, 6.45) is -4.35. The topological polar surface area (TPSA) is 38.9 Å². The van der Waals surface area contributed by atoms with Crippen molar-refractivity contribution in [3.8, 4) is 0 Å². The molecule has 0 atom stereocenters. The number of nitrogen functional groups attached to an aromatic ring is 1. The lowest BCUT2D eigenvalue weighted by Gasteiger charge is -2.07. The predicted molar refractivity (Wildman–Crippen MR) is 46.4 cm³/mol. The molecule has 0 fully saturated rings. The van der Waals surface area contributed by atoms with Crippen molar-refractivity contribution >= 4 is 28.4 Å². The Bertz CT molecular complexity index is 297. The molecule has 0 spiro atoms. The van der Waals surface area contributed by atoms with Gasteiger partial charge in [0.05, 0.1) is 5.56 Å². The zero-order valence-electron chi connectivity index (χ0n) is 5.69. The van der Waals surface area contributed by atoms with Gasteiger partial charge < -0.3 is 5.73 Å². The second-order valence-electron chi connectivity index (χ2n) is 2.07. The fraction of sp³-hybridized carbons (Fsp3) is 0.167. The van der Waals surface area contributed by atoms with Crippen molar-refractivity contribution in [2.75, 3.05) is 5.73 Å². The van der Waals surface area contributed by atoms with Gasteiger partial charge in [-0.25, -0.2) is 4.98 Å². The minimum absolute atomic E-state index is 0.0902. The summed E-state index contributed by atoms with van der Waals surface area (Å²) in [6.45, 7) is 0. The maximum Gasteiger partial charge on any atom is 0.418 e. The van der Waals surface area contributed by atoms with E-state index in [0.29, 0.717) is 0 Å². The SMILES string of the molecule is Nc1ccc(C(F)(F)F)c(I)n1. The molecular weight excluding hydrogens is 284 g/mol. The van der Waals surface area contributed by atoms with E-state index >= 15 is 0 Å². The first-order valence-electron chi connectivity index (χ1n) is 2.90. The molecule has 1 aromatic rings. The van der Waals surface area contributed by atoms with Crippen LogP contribution < -0.4 is 5.73 Å². The number of nitrogens with zero attached hydrogens (tertiary/aromatic N) is 1. The maximum absolute atomic E-state index is 12.1. The minimum Gasteiger partial charge on any atom is -0.384 e. The van der Waals surface area contributed by atoms with E-state index < -0.39 is 11.7 Å². The van der Waals surface area contributed by atoms with E-state index in [2.05, 4.69) is 4.98 Å². The van der Waals surface area contributed by atoms with Crippen LogP contribution in [0.3, 0.4) is 0 Å². The Morgan fingerprint density at radius 1 is 1.33 bits per heavy atom. The third kappa shape index (κ3) is 1.99. The number of hydrogen-bond acceptors (Lipinski definition) is 2. The number of anilines is 1. The zero-order chi connectivity index (χ0) is 9.35. The summed E-state index contributed by atoms with van der Waals surface area (Å²) in [4.78, 5) is 3.48. The number of aromatic nitrogens is 1. The molecule has 0 amide bonds.